The number of nitrogens with one attached hydrogen (secondary N) is 2. The number of rotatable bonds is 6. The summed E-state index contributed by atoms with van der Waals surface area (Å²) in [4.78, 5) is 24.8. The third kappa shape index (κ3) is 6.03. The van der Waals surface area contributed by atoms with Crippen molar-refractivity contribution in [1.82, 2.24) is 0 Å². The van der Waals surface area contributed by atoms with Crippen LogP contribution in [-0.4, -0.2) is 11.8 Å². The second-order valence-corrected chi connectivity index (χ2v) is 6.65. The molecule has 3 rings (SSSR count). The number of hydrogen-bond acceptors (Lipinski definition) is 4. The molecule has 154 valence electrons. The van der Waals surface area contributed by atoms with Crippen LogP contribution in [0.5, 0.6) is 0 Å². The normalized spacial score (nSPS) is 11.1. The second-order valence-electron chi connectivity index (χ2n) is 6.65. The summed E-state index contributed by atoms with van der Waals surface area (Å²) < 4.78 is 0. The Labute approximate surface area is 185 Å². The van der Waals surface area contributed by atoms with E-state index in [1.165, 1.54) is 12.2 Å². The Bertz CT molecular complexity index is 1170. The summed E-state index contributed by atoms with van der Waals surface area (Å²) in [5, 5.41) is 24.2. The molecule has 0 saturated carbocycles. The van der Waals surface area contributed by atoms with Gasteiger partial charge in [-0.3, -0.25) is 9.59 Å². The Balaban J connectivity index is 1.80. The fraction of sp³-hybridized carbons (Fsp3) is 0. The third-order valence-corrected chi connectivity index (χ3v) is 4.33. The van der Waals surface area contributed by atoms with Gasteiger partial charge in [-0.25, -0.2) is 0 Å². The van der Waals surface area contributed by atoms with Gasteiger partial charge in [0, 0.05) is 11.4 Å². The summed E-state index contributed by atoms with van der Waals surface area (Å²) in [5.74, 6) is -1.06. The van der Waals surface area contributed by atoms with E-state index in [0.29, 0.717) is 22.5 Å². The first-order chi connectivity index (χ1) is 15.6. The molecule has 6 nitrogen and oxygen atoms in total. The van der Waals surface area contributed by atoms with Crippen LogP contribution in [0.25, 0.3) is 12.2 Å². The van der Waals surface area contributed by atoms with Gasteiger partial charge >= 0.3 is 0 Å². The number of nitriles is 2. The van der Waals surface area contributed by atoms with Gasteiger partial charge in [-0.2, -0.15) is 10.5 Å². The Kier molecular flexibility index (Phi) is 7.29. The summed E-state index contributed by atoms with van der Waals surface area (Å²) in [6, 6.07) is 28.3. The van der Waals surface area contributed by atoms with E-state index in [1.54, 1.807) is 72.8 Å². The average Bonchev–Trinajstić information content (AvgIpc) is 2.82. The minimum absolute atomic E-state index is 0.0719. The summed E-state index contributed by atoms with van der Waals surface area (Å²) in [6.45, 7) is 0. The number of amides is 2. The monoisotopic (exact) mass is 418 g/mol. The lowest BCUT2D eigenvalue weighted by Crippen LogP contribution is -2.13. The molecule has 0 unspecified atom stereocenters. The van der Waals surface area contributed by atoms with E-state index in [2.05, 4.69) is 10.6 Å². The van der Waals surface area contributed by atoms with Crippen LogP contribution < -0.4 is 10.6 Å². The van der Waals surface area contributed by atoms with Crippen molar-refractivity contribution in [3.05, 3.63) is 107 Å². The first-order valence-electron chi connectivity index (χ1n) is 9.65. The molecule has 0 aliphatic heterocycles. The van der Waals surface area contributed by atoms with Crippen LogP contribution in [0.1, 0.15) is 11.1 Å². The van der Waals surface area contributed by atoms with Crippen LogP contribution in [0.4, 0.5) is 11.4 Å². The molecule has 0 saturated heterocycles. The number of anilines is 2. The van der Waals surface area contributed by atoms with Crippen LogP contribution in [0, 0.1) is 22.7 Å². The highest BCUT2D eigenvalue weighted by Gasteiger charge is 2.11. The van der Waals surface area contributed by atoms with Gasteiger partial charge in [-0.05, 0) is 53.6 Å². The topological polar surface area (TPSA) is 106 Å². The highest BCUT2D eigenvalue weighted by atomic mass is 16.2. The Morgan fingerprint density at radius 2 is 1.03 bits per heavy atom. The molecule has 0 spiro atoms. The van der Waals surface area contributed by atoms with Crippen molar-refractivity contribution >= 4 is 35.3 Å². The van der Waals surface area contributed by atoms with Gasteiger partial charge in [0.15, 0.2) is 0 Å². The minimum atomic E-state index is -0.528. The standard InChI is InChI=1S/C26H18N4O2/c27-17-21(25(31)29-23-10-3-1-4-11-23)15-19-8-7-9-20(14-19)16-22(18-28)26(32)30-24-12-5-2-6-13-24/h1-16H,(H,29,31)(H,30,32)/b21-15+,22-16+. The minimum Gasteiger partial charge on any atom is -0.321 e. The SMILES string of the molecule is N#C/C(=C\c1cccc(/C=C(\C#N)C(=O)Nc2ccccc2)c1)C(=O)Nc1ccccc1. The molecule has 32 heavy (non-hydrogen) atoms. The van der Waals surface area contributed by atoms with Crippen molar-refractivity contribution in [3.63, 3.8) is 0 Å². The second kappa shape index (κ2) is 10.7. The lowest BCUT2D eigenvalue weighted by molar-refractivity contribution is -0.113. The molecule has 6 heteroatoms. The third-order valence-electron chi connectivity index (χ3n) is 4.33. The first kappa shape index (κ1) is 21.8. The van der Waals surface area contributed by atoms with E-state index in [0.717, 1.165) is 0 Å². The average molecular weight is 418 g/mol. The molecule has 0 fully saturated rings. The molecule has 0 aliphatic carbocycles. The van der Waals surface area contributed by atoms with Gasteiger partial charge in [-0.15, -0.1) is 0 Å². The molecule has 2 amide bonds. The summed E-state index contributed by atoms with van der Waals surface area (Å²) >= 11 is 0. The van der Waals surface area contributed by atoms with Crippen molar-refractivity contribution in [2.45, 2.75) is 0 Å². The van der Waals surface area contributed by atoms with Crippen molar-refractivity contribution in [2.24, 2.45) is 0 Å². The zero-order chi connectivity index (χ0) is 22.8. The van der Waals surface area contributed by atoms with Crippen molar-refractivity contribution in [2.75, 3.05) is 10.6 Å². The molecule has 0 aromatic heterocycles. The Morgan fingerprint density at radius 1 is 0.625 bits per heavy atom. The van der Waals surface area contributed by atoms with Crippen LogP contribution in [0.3, 0.4) is 0 Å². The number of para-hydroxylation sites is 2. The molecule has 3 aromatic carbocycles. The van der Waals surface area contributed by atoms with Crippen LogP contribution >= 0.6 is 0 Å². The molecule has 2 N–H and O–H groups in total. The predicted octanol–water partition coefficient (Wildman–Crippen LogP) is 4.78. The Hall–Kier alpha value is -4.94. The molecular formula is C26H18N4O2. The lowest BCUT2D eigenvalue weighted by atomic mass is 10.1. The maximum atomic E-state index is 12.4. The quantitative estimate of drug-likeness (QED) is 0.444. The van der Waals surface area contributed by atoms with Crippen molar-refractivity contribution in [1.29, 1.82) is 10.5 Å². The van der Waals surface area contributed by atoms with Crippen molar-refractivity contribution < 1.29 is 9.59 Å². The fourth-order valence-electron chi connectivity index (χ4n) is 2.81. The van der Waals surface area contributed by atoms with Crippen LogP contribution in [0.15, 0.2) is 96.1 Å². The molecule has 3 aromatic rings. The smallest absolute Gasteiger partial charge is 0.266 e. The number of carbonyl (C=O) groups excluding carboxylic acids is 2. The highest BCUT2D eigenvalue weighted by Crippen LogP contribution is 2.16. The zero-order valence-corrected chi connectivity index (χ0v) is 16.9. The molecule has 0 atom stereocenters. The molecule has 0 heterocycles. The highest BCUT2D eigenvalue weighted by molar-refractivity contribution is 6.10. The first-order valence-corrected chi connectivity index (χ1v) is 9.65. The van der Waals surface area contributed by atoms with Gasteiger partial charge in [0.2, 0.25) is 0 Å². The molecule has 0 radical (unpaired) electrons. The number of nitrogens with zero attached hydrogens (tertiary/aromatic N) is 2. The number of hydrogen-bond donors (Lipinski definition) is 2. The fourth-order valence-corrected chi connectivity index (χ4v) is 2.81. The molecule has 0 aliphatic rings. The van der Waals surface area contributed by atoms with Gasteiger partial charge in [0.1, 0.15) is 23.3 Å². The van der Waals surface area contributed by atoms with Gasteiger partial charge in [-0.1, -0.05) is 54.6 Å². The summed E-state index contributed by atoms with van der Waals surface area (Å²) in [5.41, 5.74) is 2.19. The lowest BCUT2D eigenvalue weighted by Gasteiger charge is -2.05. The summed E-state index contributed by atoms with van der Waals surface area (Å²) in [6.07, 6.45) is 2.90. The maximum absolute atomic E-state index is 12.4. The zero-order valence-electron chi connectivity index (χ0n) is 16.9. The Morgan fingerprint density at radius 3 is 1.41 bits per heavy atom. The van der Waals surface area contributed by atoms with E-state index in [9.17, 15) is 20.1 Å². The van der Waals surface area contributed by atoms with E-state index < -0.39 is 11.8 Å². The maximum Gasteiger partial charge on any atom is 0.266 e. The summed E-state index contributed by atoms with van der Waals surface area (Å²) in [7, 11) is 0. The van der Waals surface area contributed by atoms with Crippen molar-refractivity contribution in [3.8, 4) is 12.1 Å². The van der Waals surface area contributed by atoms with E-state index in [4.69, 9.17) is 0 Å². The van der Waals surface area contributed by atoms with E-state index in [-0.39, 0.29) is 11.1 Å². The van der Waals surface area contributed by atoms with E-state index in [1.807, 2.05) is 24.3 Å². The predicted molar refractivity (Wildman–Crippen MR) is 124 cm³/mol. The van der Waals surface area contributed by atoms with Crippen LogP contribution in [-0.2, 0) is 9.59 Å². The number of benzene rings is 3. The van der Waals surface area contributed by atoms with Gasteiger partial charge in [0.05, 0.1) is 0 Å². The number of carbonyl (C=O) groups is 2. The largest absolute Gasteiger partial charge is 0.321 e. The van der Waals surface area contributed by atoms with Gasteiger partial charge in [0.25, 0.3) is 11.8 Å². The van der Waals surface area contributed by atoms with E-state index >= 15 is 0 Å². The van der Waals surface area contributed by atoms with Gasteiger partial charge < -0.3 is 10.6 Å². The van der Waals surface area contributed by atoms with Crippen LogP contribution in [0.2, 0.25) is 0 Å². The molecular weight excluding hydrogens is 400 g/mol. The molecule has 0 bridgehead atoms.